The van der Waals surface area contributed by atoms with E-state index in [4.69, 9.17) is 5.73 Å². The summed E-state index contributed by atoms with van der Waals surface area (Å²) in [5.74, 6) is -0.170. The molecule has 1 saturated heterocycles. The third-order valence-corrected chi connectivity index (χ3v) is 3.99. The molecule has 0 aromatic carbocycles. The van der Waals surface area contributed by atoms with E-state index < -0.39 is 5.91 Å². The van der Waals surface area contributed by atoms with Crippen molar-refractivity contribution in [2.75, 3.05) is 13.1 Å². The second kappa shape index (κ2) is 6.67. The van der Waals surface area contributed by atoms with Crippen molar-refractivity contribution in [2.45, 2.75) is 25.4 Å². The molecule has 118 valence electrons. The van der Waals surface area contributed by atoms with Crippen molar-refractivity contribution in [2.24, 2.45) is 11.7 Å². The lowest BCUT2D eigenvalue weighted by atomic mass is 9.88. The molecule has 0 aliphatic carbocycles. The molecule has 2 aromatic heterocycles. The van der Waals surface area contributed by atoms with E-state index in [0.29, 0.717) is 18.2 Å². The number of H-pyrrole nitrogens is 1. The van der Waals surface area contributed by atoms with Crippen molar-refractivity contribution < 1.29 is 9.42 Å². The number of imidazole rings is 1. The predicted molar refractivity (Wildman–Crippen MR) is 76.6 cm³/mol. The molecule has 5 N–H and O–H groups in total. The SMILES string of the molecule is NC(=O)c1nonc1CNC(c1cnc[nH]1)C1CCNCC1. The summed E-state index contributed by atoms with van der Waals surface area (Å²) in [6, 6.07) is 0.0991. The van der Waals surface area contributed by atoms with Crippen molar-refractivity contribution in [3.63, 3.8) is 0 Å². The molecule has 1 atom stereocenters. The summed E-state index contributed by atoms with van der Waals surface area (Å²) in [4.78, 5) is 18.5. The largest absolute Gasteiger partial charge is 0.364 e. The smallest absolute Gasteiger partial charge is 0.272 e. The van der Waals surface area contributed by atoms with E-state index in [0.717, 1.165) is 31.6 Å². The number of aromatic amines is 1. The zero-order chi connectivity index (χ0) is 15.4. The number of piperidine rings is 1. The second-order valence-electron chi connectivity index (χ2n) is 5.38. The number of carbonyl (C=O) groups is 1. The topological polar surface area (TPSA) is 135 Å². The van der Waals surface area contributed by atoms with Crippen LogP contribution in [0.5, 0.6) is 0 Å². The molecule has 0 spiro atoms. The summed E-state index contributed by atoms with van der Waals surface area (Å²) in [7, 11) is 0. The van der Waals surface area contributed by atoms with E-state index in [1.807, 2.05) is 6.20 Å². The third kappa shape index (κ3) is 3.15. The minimum atomic E-state index is -0.641. The van der Waals surface area contributed by atoms with Crippen molar-refractivity contribution in [1.82, 2.24) is 30.9 Å². The number of primary amides is 1. The molecule has 1 aliphatic rings. The van der Waals surface area contributed by atoms with E-state index in [-0.39, 0.29) is 11.7 Å². The van der Waals surface area contributed by atoms with Crippen LogP contribution in [-0.4, -0.2) is 39.3 Å². The fourth-order valence-corrected chi connectivity index (χ4v) is 2.86. The summed E-state index contributed by atoms with van der Waals surface area (Å²) < 4.78 is 4.60. The first-order chi connectivity index (χ1) is 10.8. The fourth-order valence-electron chi connectivity index (χ4n) is 2.86. The Morgan fingerprint density at radius 1 is 1.45 bits per heavy atom. The molecule has 0 saturated carbocycles. The summed E-state index contributed by atoms with van der Waals surface area (Å²) in [5.41, 5.74) is 6.76. The van der Waals surface area contributed by atoms with Crippen LogP contribution in [0.15, 0.2) is 17.2 Å². The molecule has 1 unspecified atom stereocenters. The van der Waals surface area contributed by atoms with Gasteiger partial charge in [-0.05, 0) is 37.0 Å². The molecule has 3 heterocycles. The number of carbonyl (C=O) groups excluding carboxylic acids is 1. The van der Waals surface area contributed by atoms with Crippen LogP contribution in [0.1, 0.15) is 40.8 Å². The average Bonchev–Trinajstić information content (AvgIpc) is 3.20. The molecule has 2 aromatic rings. The zero-order valence-electron chi connectivity index (χ0n) is 12.1. The molecule has 0 radical (unpaired) electrons. The minimum absolute atomic E-state index is 0.0705. The Balaban J connectivity index is 1.72. The maximum Gasteiger partial charge on any atom is 0.272 e. The Labute approximate surface area is 127 Å². The van der Waals surface area contributed by atoms with Crippen LogP contribution < -0.4 is 16.4 Å². The Kier molecular flexibility index (Phi) is 4.45. The normalized spacial score (nSPS) is 17.5. The summed E-state index contributed by atoms with van der Waals surface area (Å²) in [6.07, 6.45) is 5.61. The molecular formula is C13H19N7O2. The number of rotatable bonds is 6. The predicted octanol–water partition coefficient (Wildman–Crippen LogP) is -0.278. The number of hydrogen-bond donors (Lipinski definition) is 4. The van der Waals surface area contributed by atoms with Crippen LogP contribution in [0.2, 0.25) is 0 Å². The van der Waals surface area contributed by atoms with Crippen LogP contribution in [0.4, 0.5) is 0 Å². The van der Waals surface area contributed by atoms with Gasteiger partial charge < -0.3 is 21.4 Å². The van der Waals surface area contributed by atoms with Crippen molar-refractivity contribution in [1.29, 1.82) is 0 Å². The quantitative estimate of drug-likeness (QED) is 0.576. The number of nitrogens with two attached hydrogens (primary N) is 1. The molecule has 1 aliphatic heterocycles. The molecule has 9 nitrogen and oxygen atoms in total. The van der Waals surface area contributed by atoms with Gasteiger partial charge in [0.05, 0.1) is 18.1 Å². The molecule has 0 bridgehead atoms. The second-order valence-corrected chi connectivity index (χ2v) is 5.38. The first-order valence-electron chi connectivity index (χ1n) is 7.29. The minimum Gasteiger partial charge on any atom is -0.364 e. The highest BCUT2D eigenvalue weighted by Gasteiger charge is 2.26. The molecule has 9 heteroatoms. The zero-order valence-corrected chi connectivity index (χ0v) is 12.1. The molecular weight excluding hydrogens is 286 g/mol. The van der Waals surface area contributed by atoms with Gasteiger partial charge in [0.2, 0.25) is 0 Å². The fraction of sp³-hybridized carbons (Fsp3) is 0.538. The van der Waals surface area contributed by atoms with Gasteiger partial charge >= 0.3 is 0 Å². The molecule has 1 amide bonds. The molecule has 1 fully saturated rings. The first kappa shape index (κ1) is 14.7. The third-order valence-electron chi connectivity index (χ3n) is 3.99. The average molecular weight is 305 g/mol. The highest BCUT2D eigenvalue weighted by Crippen LogP contribution is 2.27. The first-order valence-corrected chi connectivity index (χ1v) is 7.29. The molecule has 3 rings (SSSR count). The van der Waals surface area contributed by atoms with Crippen LogP contribution in [-0.2, 0) is 6.54 Å². The lowest BCUT2D eigenvalue weighted by Gasteiger charge is -2.30. The van der Waals surface area contributed by atoms with Crippen LogP contribution in [0, 0.1) is 5.92 Å². The van der Waals surface area contributed by atoms with Gasteiger partial charge in [-0.15, -0.1) is 0 Å². The Bertz CT molecular complexity index is 604. The summed E-state index contributed by atoms with van der Waals surface area (Å²) in [5, 5.41) is 14.1. The number of nitrogens with zero attached hydrogens (tertiary/aromatic N) is 3. The van der Waals surface area contributed by atoms with E-state index in [9.17, 15) is 4.79 Å². The molecule has 22 heavy (non-hydrogen) atoms. The highest BCUT2D eigenvalue weighted by atomic mass is 16.6. The van der Waals surface area contributed by atoms with Crippen molar-refractivity contribution >= 4 is 5.91 Å². The summed E-state index contributed by atoms with van der Waals surface area (Å²) >= 11 is 0. The number of hydrogen-bond acceptors (Lipinski definition) is 7. The maximum atomic E-state index is 11.3. The van der Waals surface area contributed by atoms with Crippen LogP contribution >= 0.6 is 0 Å². The van der Waals surface area contributed by atoms with Crippen LogP contribution in [0.3, 0.4) is 0 Å². The van der Waals surface area contributed by atoms with Gasteiger partial charge in [-0.2, -0.15) is 0 Å². The van der Waals surface area contributed by atoms with E-state index in [2.05, 4.69) is 35.5 Å². The lowest BCUT2D eigenvalue weighted by molar-refractivity contribution is 0.0990. The van der Waals surface area contributed by atoms with Crippen LogP contribution in [0.25, 0.3) is 0 Å². The lowest BCUT2D eigenvalue weighted by Crippen LogP contribution is -2.36. The van der Waals surface area contributed by atoms with Gasteiger partial charge in [-0.25, -0.2) is 9.61 Å². The Morgan fingerprint density at radius 2 is 2.27 bits per heavy atom. The monoisotopic (exact) mass is 305 g/mol. The van der Waals surface area contributed by atoms with E-state index in [1.54, 1.807) is 6.33 Å². The number of nitrogens with one attached hydrogen (secondary N) is 3. The Morgan fingerprint density at radius 3 is 2.95 bits per heavy atom. The van der Waals surface area contributed by atoms with Gasteiger partial charge in [0.25, 0.3) is 5.91 Å². The number of amides is 1. The Hall–Kier alpha value is -2.26. The summed E-state index contributed by atoms with van der Waals surface area (Å²) in [6.45, 7) is 2.35. The number of aromatic nitrogens is 4. The maximum absolute atomic E-state index is 11.3. The van der Waals surface area contributed by atoms with E-state index >= 15 is 0 Å². The van der Waals surface area contributed by atoms with Gasteiger partial charge in [0, 0.05) is 12.7 Å². The standard InChI is InChI=1S/C13H19N7O2/c14-13(21)12-10(19-22-20-12)6-17-11(9-5-16-7-18-9)8-1-3-15-4-2-8/h5,7-8,11,15,17H,1-4,6H2,(H2,14,21)(H,16,18). The van der Waals surface area contributed by atoms with Gasteiger partial charge in [0.15, 0.2) is 5.69 Å². The van der Waals surface area contributed by atoms with Gasteiger partial charge in [0.1, 0.15) is 5.69 Å². The highest BCUT2D eigenvalue weighted by molar-refractivity contribution is 5.91. The van der Waals surface area contributed by atoms with E-state index in [1.165, 1.54) is 0 Å². The van der Waals surface area contributed by atoms with Gasteiger partial charge in [-0.3, -0.25) is 4.79 Å². The van der Waals surface area contributed by atoms with Gasteiger partial charge in [-0.1, -0.05) is 5.16 Å². The van der Waals surface area contributed by atoms with Crippen molar-refractivity contribution in [3.8, 4) is 0 Å². The van der Waals surface area contributed by atoms with Crippen molar-refractivity contribution in [3.05, 3.63) is 29.6 Å².